The largest absolute Gasteiger partial charge is 0.389 e. The van der Waals surface area contributed by atoms with E-state index < -0.39 is 5.60 Å². The first-order chi connectivity index (χ1) is 16.0. The van der Waals surface area contributed by atoms with Crippen molar-refractivity contribution in [3.63, 3.8) is 0 Å². The van der Waals surface area contributed by atoms with E-state index in [1.165, 1.54) is 0 Å². The highest BCUT2D eigenvalue weighted by atomic mass is 16.3. The normalized spacial score (nSPS) is 19.3. The first kappa shape index (κ1) is 21.8. The summed E-state index contributed by atoms with van der Waals surface area (Å²) < 4.78 is 5.86. The minimum absolute atomic E-state index is 0.389. The molecule has 4 aromatic heterocycles. The van der Waals surface area contributed by atoms with Crippen LogP contribution < -0.4 is 0 Å². The van der Waals surface area contributed by atoms with Crippen LogP contribution in [0.15, 0.2) is 43.2 Å². The molecule has 0 bridgehead atoms. The Balaban J connectivity index is 1.40. The van der Waals surface area contributed by atoms with Crippen molar-refractivity contribution in [1.29, 1.82) is 0 Å². The summed E-state index contributed by atoms with van der Waals surface area (Å²) in [6.07, 6.45) is 14.5. The van der Waals surface area contributed by atoms with Crippen molar-refractivity contribution in [2.45, 2.75) is 58.2 Å². The van der Waals surface area contributed by atoms with Crippen LogP contribution in [0.25, 0.3) is 28.0 Å². The molecule has 1 fully saturated rings. The number of likely N-dealkylation sites (tertiary alicyclic amines) is 1. The minimum atomic E-state index is -0.573. The first-order valence-corrected chi connectivity index (χ1v) is 11.8. The average molecular weight is 449 g/mol. The second kappa shape index (κ2) is 8.72. The summed E-state index contributed by atoms with van der Waals surface area (Å²) in [5.74, 6) is 0. The molecule has 1 unspecified atom stereocenters. The summed E-state index contributed by atoms with van der Waals surface area (Å²) in [5.41, 5.74) is 4.02. The molecule has 0 amide bonds. The Morgan fingerprint density at radius 1 is 1.03 bits per heavy atom. The maximum Gasteiger partial charge on any atom is 0.0999 e. The Kier molecular flexibility index (Phi) is 5.76. The van der Waals surface area contributed by atoms with Crippen molar-refractivity contribution in [3.05, 3.63) is 43.2 Å². The van der Waals surface area contributed by atoms with Gasteiger partial charge in [-0.1, -0.05) is 13.8 Å². The van der Waals surface area contributed by atoms with Gasteiger partial charge in [0.15, 0.2) is 0 Å². The van der Waals surface area contributed by atoms with E-state index in [2.05, 4.69) is 40.2 Å². The third kappa shape index (κ3) is 4.43. The van der Waals surface area contributed by atoms with E-state index in [9.17, 15) is 5.11 Å². The fraction of sp³-hybridized carbons (Fsp3) is 0.500. The van der Waals surface area contributed by atoms with Crippen LogP contribution in [-0.4, -0.2) is 69.4 Å². The van der Waals surface area contributed by atoms with Crippen LogP contribution in [0.3, 0.4) is 0 Å². The van der Waals surface area contributed by atoms with Gasteiger partial charge in [-0.25, -0.2) is 9.50 Å². The lowest BCUT2D eigenvalue weighted by atomic mass is 10.1. The Bertz CT molecular complexity index is 1230. The van der Waals surface area contributed by atoms with Gasteiger partial charge >= 0.3 is 0 Å². The highest BCUT2D eigenvalue weighted by Gasteiger charge is 2.30. The molecule has 5 rings (SSSR count). The number of aliphatic hydroxyl groups is 1. The van der Waals surface area contributed by atoms with Crippen molar-refractivity contribution in [2.24, 2.45) is 0 Å². The van der Waals surface area contributed by atoms with E-state index >= 15 is 0 Å². The average Bonchev–Trinajstić information content (AvgIpc) is 3.59. The fourth-order valence-corrected chi connectivity index (χ4v) is 4.69. The summed E-state index contributed by atoms with van der Waals surface area (Å²) >= 11 is 0. The van der Waals surface area contributed by atoms with Gasteiger partial charge in [0.1, 0.15) is 0 Å². The summed E-state index contributed by atoms with van der Waals surface area (Å²) in [6, 6.07) is 2.37. The summed E-state index contributed by atoms with van der Waals surface area (Å²) in [5, 5.41) is 23.8. The molecule has 0 aromatic carbocycles. The van der Waals surface area contributed by atoms with Gasteiger partial charge in [0.2, 0.25) is 0 Å². The SMILES string of the molecule is CCC(CC)n1cc(-c2nc(-c3cnn(CCN4CCC(C)(O)C4)c3)cn3nccc23)cn1. The smallest absolute Gasteiger partial charge is 0.0999 e. The van der Waals surface area contributed by atoms with Crippen LogP contribution in [0.2, 0.25) is 0 Å². The third-order valence-electron chi connectivity index (χ3n) is 6.69. The third-order valence-corrected chi connectivity index (χ3v) is 6.69. The maximum absolute atomic E-state index is 10.2. The molecule has 1 aliphatic rings. The molecular formula is C24H32N8O. The Morgan fingerprint density at radius 2 is 1.85 bits per heavy atom. The second-order valence-electron chi connectivity index (χ2n) is 9.33. The lowest BCUT2D eigenvalue weighted by molar-refractivity contribution is 0.0682. The zero-order valence-electron chi connectivity index (χ0n) is 19.6. The van der Waals surface area contributed by atoms with Crippen molar-refractivity contribution < 1.29 is 5.11 Å². The van der Waals surface area contributed by atoms with E-state index in [0.29, 0.717) is 12.6 Å². The highest BCUT2D eigenvalue weighted by Crippen LogP contribution is 2.28. The van der Waals surface area contributed by atoms with E-state index in [-0.39, 0.29) is 0 Å². The summed E-state index contributed by atoms with van der Waals surface area (Å²) in [7, 11) is 0. The molecule has 5 heterocycles. The van der Waals surface area contributed by atoms with Crippen LogP contribution in [0, 0.1) is 0 Å². The number of aromatic nitrogens is 7. The molecule has 0 radical (unpaired) electrons. The molecule has 0 aliphatic carbocycles. The van der Waals surface area contributed by atoms with Crippen molar-refractivity contribution in [2.75, 3.05) is 19.6 Å². The molecule has 1 aliphatic heterocycles. The number of hydrogen-bond donors (Lipinski definition) is 1. The zero-order chi connectivity index (χ0) is 23.0. The first-order valence-electron chi connectivity index (χ1n) is 11.8. The number of nitrogens with zero attached hydrogens (tertiary/aromatic N) is 8. The van der Waals surface area contributed by atoms with Crippen LogP contribution in [0.4, 0.5) is 0 Å². The molecule has 9 heteroatoms. The molecule has 0 saturated carbocycles. The van der Waals surface area contributed by atoms with Crippen LogP contribution in [0.5, 0.6) is 0 Å². The summed E-state index contributed by atoms with van der Waals surface area (Å²) in [6.45, 7) is 9.56. The van der Waals surface area contributed by atoms with E-state index in [1.807, 2.05) is 51.7 Å². The maximum atomic E-state index is 10.2. The van der Waals surface area contributed by atoms with Gasteiger partial charge < -0.3 is 5.11 Å². The Labute approximate surface area is 193 Å². The highest BCUT2D eigenvalue weighted by molar-refractivity contribution is 5.78. The minimum Gasteiger partial charge on any atom is -0.389 e. The number of β-amino-alcohol motifs (C(OH)–C–C–N with tert-alkyl or cyclic N) is 1. The quantitative estimate of drug-likeness (QED) is 0.445. The predicted octanol–water partition coefficient (Wildman–Crippen LogP) is 3.27. The molecule has 0 spiro atoms. The van der Waals surface area contributed by atoms with Gasteiger partial charge in [-0.2, -0.15) is 15.3 Å². The monoisotopic (exact) mass is 448 g/mol. The number of hydrogen-bond acceptors (Lipinski definition) is 6. The van der Waals surface area contributed by atoms with E-state index in [1.54, 1.807) is 6.20 Å². The van der Waals surface area contributed by atoms with Crippen LogP contribution in [0.1, 0.15) is 46.1 Å². The summed E-state index contributed by atoms with van der Waals surface area (Å²) in [4.78, 5) is 7.28. The number of fused-ring (bicyclic) bond motifs is 1. The topological polar surface area (TPSA) is 89.3 Å². The van der Waals surface area contributed by atoms with Gasteiger partial charge in [-0.3, -0.25) is 14.3 Å². The van der Waals surface area contributed by atoms with Crippen molar-refractivity contribution in [1.82, 2.24) is 39.1 Å². The Morgan fingerprint density at radius 3 is 2.61 bits per heavy atom. The molecule has 33 heavy (non-hydrogen) atoms. The number of rotatable bonds is 8. The van der Waals surface area contributed by atoms with Gasteiger partial charge in [0, 0.05) is 43.2 Å². The molecule has 1 N–H and O–H groups in total. The van der Waals surface area contributed by atoms with Gasteiger partial charge in [-0.05, 0) is 32.3 Å². The standard InChI is InChI=1S/C24H32N8O/c1-4-20(5-2)31-15-19(13-27-31)23-22-6-8-25-32(22)16-21(28-23)18-12-26-30(14-18)11-10-29-9-7-24(3,33)17-29/h6,8,12-16,20,33H,4-5,7,9-11,17H2,1-3H3. The van der Waals surface area contributed by atoms with Crippen molar-refractivity contribution in [3.8, 4) is 22.5 Å². The molecular weight excluding hydrogens is 416 g/mol. The van der Waals surface area contributed by atoms with Gasteiger partial charge in [0.25, 0.3) is 0 Å². The van der Waals surface area contributed by atoms with Gasteiger partial charge in [0.05, 0.1) is 59.9 Å². The van der Waals surface area contributed by atoms with E-state index in [4.69, 9.17) is 4.98 Å². The molecule has 4 aromatic rings. The predicted molar refractivity (Wildman–Crippen MR) is 127 cm³/mol. The molecule has 9 nitrogen and oxygen atoms in total. The lowest BCUT2D eigenvalue weighted by Gasteiger charge is -2.18. The van der Waals surface area contributed by atoms with Crippen LogP contribution >= 0.6 is 0 Å². The van der Waals surface area contributed by atoms with Gasteiger partial charge in [-0.15, -0.1) is 0 Å². The lowest BCUT2D eigenvalue weighted by Crippen LogP contribution is -2.31. The van der Waals surface area contributed by atoms with E-state index in [0.717, 1.165) is 66.9 Å². The van der Waals surface area contributed by atoms with Crippen LogP contribution in [-0.2, 0) is 6.54 Å². The van der Waals surface area contributed by atoms with Crippen molar-refractivity contribution >= 4 is 5.52 Å². The second-order valence-corrected chi connectivity index (χ2v) is 9.33. The molecule has 174 valence electrons. The fourth-order valence-electron chi connectivity index (χ4n) is 4.69. The zero-order valence-corrected chi connectivity index (χ0v) is 19.6. The molecule has 1 saturated heterocycles. The molecule has 1 atom stereocenters. The Hall–Kier alpha value is -3.04.